The molecule has 0 fully saturated rings. The van der Waals surface area contributed by atoms with E-state index in [1.54, 1.807) is 0 Å². The molecule has 0 bridgehead atoms. The normalized spacial score (nSPS) is 10.7. The largest absolute Gasteiger partial charge is 0.397 e. The predicted molar refractivity (Wildman–Crippen MR) is 83.5 cm³/mol. The summed E-state index contributed by atoms with van der Waals surface area (Å²) in [6.07, 6.45) is 0.907. The molecule has 0 aliphatic carbocycles. The second-order valence-electron chi connectivity index (χ2n) is 5.41. The van der Waals surface area contributed by atoms with Crippen molar-refractivity contribution in [1.29, 1.82) is 0 Å². The van der Waals surface area contributed by atoms with E-state index in [4.69, 9.17) is 11.5 Å². The highest BCUT2D eigenvalue weighted by atomic mass is 14.7. The fraction of sp³-hybridized carbons (Fsp3) is 0.294. The van der Waals surface area contributed by atoms with Gasteiger partial charge in [-0.25, -0.2) is 0 Å². The topological polar surface area (TPSA) is 52.0 Å². The van der Waals surface area contributed by atoms with E-state index in [2.05, 4.69) is 38.1 Å². The maximum atomic E-state index is 6.08. The van der Waals surface area contributed by atoms with Gasteiger partial charge >= 0.3 is 0 Å². The highest BCUT2D eigenvalue weighted by Gasteiger charge is 2.10. The van der Waals surface area contributed by atoms with Crippen LogP contribution >= 0.6 is 0 Å². The second kappa shape index (κ2) is 4.96. The van der Waals surface area contributed by atoms with Crippen molar-refractivity contribution in [2.75, 3.05) is 11.5 Å². The van der Waals surface area contributed by atoms with Crippen LogP contribution in [-0.2, 0) is 6.42 Å². The molecule has 0 aliphatic rings. The van der Waals surface area contributed by atoms with E-state index in [0.717, 1.165) is 23.2 Å². The van der Waals surface area contributed by atoms with Gasteiger partial charge in [-0.2, -0.15) is 0 Å². The van der Waals surface area contributed by atoms with Crippen molar-refractivity contribution in [2.45, 2.75) is 34.1 Å². The molecule has 0 aromatic heterocycles. The molecule has 0 amide bonds. The van der Waals surface area contributed by atoms with E-state index in [1.165, 1.54) is 22.3 Å². The quantitative estimate of drug-likeness (QED) is 0.803. The molecule has 0 saturated carbocycles. The minimum Gasteiger partial charge on any atom is -0.397 e. The van der Waals surface area contributed by atoms with Crippen LogP contribution in [0.2, 0.25) is 0 Å². The Hall–Kier alpha value is -1.96. The van der Waals surface area contributed by atoms with Crippen molar-refractivity contribution in [2.24, 2.45) is 0 Å². The third kappa shape index (κ3) is 2.58. The first kappa shape index (κ1) is 13.5. The fourth-order valence-electron chi connectivity index (χ4n) is 2.41. The molecule has 19 heavy (non-hydrogen) atoms. The number of nitrogen functional groups attached to an aromatic ring is 2. The maximum absolute atomic E-state index is 6.08. The molecule has 2 rings (SSSR count). The van der Waals surface area contributed by atoms with Crippen molar-refractivity contribution in [3.63, 3.8) is 0 Å². The number of hydrogen-bond acceptors (Lipinski definition) is 2. The van der Waals surface area contributed by atoms with Gasteiger partial charge in [0.1, 0.15) is 0 Å². The van der Waals surface area contributed by atoms with E-state index in [1.807, 2.05) is 13.8 Å². The zero-order chi connectivity index (χ0) is 14.2. The lowest BCUT2D eigenvalue weighted by Gasteiger charge is -2.15. The number of nitrogens with two attached hydrogens (primary N) is 2. The Kier molecular flexibility index (Phi) is 3.52. The van der Waals surface area contributed by atoms with Crippen molar-refractivity contribution in [3.05, 3.63) is 57.6 Å². The number of anilines is 2. The molecule has 0 aliphatic heterocycles. The van der Waals surface area contributed by atoms with Crippen LogP contribution in [0, 0.1) is 27.7 Å². The van der Waals surface area contributed by atoms with Crippen LogP contribution in [0.1, 0.15) is 33.4 Å². The summed E-state index contributed by atoms with van der Waals surface area (Å²) in [5.41, 5.74) is 20.9. The molecule has 2 aromatic rings. The van der Waals surface area contributed by atoms with Gasteiger partial charge in [0.15, 0.2) is 0 Å². The van der Waals surface area contributed by atoms with Crippen molar-refractivity contribution >= 4 is 11.4 Å². The van der Waals surface area contributed by atoms with Gasteiger partial charge in [0.05, 0.1) is 11.4 Å². The van der Waals surface area contributed by atoms with E-state index in [0.29, 0.717) is 5.69 Å². The standard InChI is InChI=1S/C17H22N2/c1-10-5-6-11(2)14(7-10)9-15-8-12(3)16(18)17(19)13(15)4/h5-8H,9,18-19H2,1-4H3. The van der Waals surface area contributed by atoms with Crippen LogP contribution in [0.25, 0.3) is 0 Å². The van der Waals surface area contributed by atoms with E-state index >= 15 is 0 Å². The number of hydrogen-bond donors (Lipinski definition) is 2. The Morgan fingerprint density at radius 1 is 0.789 bits per heavy atom. The van der Waals surface area contributed by atoms with Crippen molar-refractivity contribution in [1.82, 2.24) is 0 Å². The molecular weight excluding hydrogens is 232 g/mol. The maximum Gasteiger partial charge on any atom is 0.0583 e. The molecule has 0 spiro atoms. The summed E-state index contributed by atoms with van der Waals surface area (Å²) in [5.74, 6) is 0. The lowest BCUT2D eigenvalue weighted by Crippen LogP contribution is -2.04. The summed E-state index contributed by atoms with van der Waals surface area (Å²) < 4.78 is 0. The molecule has 0 unspecified atom stereocenters. The molecule has 4 N–H and O–H groups in total. The lowest BCUT2D eigenvalue weighted by atomic mass is 9.93. The third-order valence-electron chi connectivity index (χ3n) is 3.88. The van der Waals surface area contributed by atoms with E-state index < -0.39 is 0 Å². The molecule has 100 valence electrons. The molecule has 0 saturated heterocycles. The average Bonchev–Trinajstić information content (AvgIpc) is 2.37. The summed E-state index contributed by atoms with van der Waals surface area (Å²) in [5, 5.41) is 0. The molecule has 2 aromatic carbocycles. The molecule has 0 atom stereocenters. The van der Waals surface area contributed by atoms with Gasteiger partial charge in [0, 0.05) is 0 Å². The van der Waals surface area contributed by atoms with Crippen molar-refractivity contribution in [3.8, 4) is 0 Å². The number of rotatable bonds is 2. The summed E-state index contributed by atoms with van der Waals surface area (Å²) in [7, 11) is 0. The van der Waals surface area contributed by atoms with Crippen LogP contribution in [0.15, 0.2) is 24.3 Å². The first-order valence-corrected chi connectivity index (χ1v) is 6.60. The Morgan fingerprint density at radius 2 is 1.47 bits per heavy atom. The van der Waals surface area contributed by atoms with E-state index in [9.17, 15) is 0 Å². The van der Waals surface area contributed by atoms with Gasteiger partial charge in [-0.15, -0.1) is 0 Å². The van der Waals surface area contributed by atoms with Gasteiger partial charge < -0.3 is 11.5 Å². The van der Waals surface area contributed by atoms with Crippen LogP contribution in [0.3, 0.4) is 0 Å². The van der Waals surface area contributed by atoms with E-state index in [-0.39, 0.29) is 0 Å². The Bertz CT molecular complexity index is 628. The first-order chi connectivity index (χ1) is 8.90. The van der Waals surface area contributed by atoms with Gasteiger partial charge in [-0.3, -0.25) is 0 Å². The molecule has 2 heteroatoms. The Labute approximate surface area is 115 Å². The highest BCUT2D eigenvalue weighted by molar-refractivity contribution is 5.72. The smallest absolute Gasteiger partial charge is 0.0583 e. The number of aryl methyl sites for hydroxylation is 3. The van der Waals surface area contributed by atoms with Gasteiger partial charge in [0.25, 0.3) is 0 Å². The van der Waals surface area contributed by atoms with Gasteiger partial charge in [0.2, 0.25) is 0 Å². The highest BCUT2D eigenvalue weighted by Crippen LogP contribution is 2.29. The summed E-state index contributed by atoms with van der Waals surface area (Å²) >= 11 is 0. The first-order valence-electron chi connectivity index (χ1n) is 6.60. The number of benzene rings is 2. The minimum atomic E-state index is 0.710. The summed E-state index contributed by atoms with van der Waals surface area (Å²) in [4.78, 5) is 0. The minimum absolute atomic E-state index is 0.710. The molecular formula is C17H22N2. The van der Waals surface area contributed by atoms with Gasteiger partial charge in [-0.1, -0.05) is 29.8 Å². The van der Waals surface area contributed by atoms with Crippen molar-refractivity contribution < 1.29 is 0 Å². The van der Waals surface area contributed by atoms with Crippen LogP contribution < -0.4 is 11.5 Å². The zero-order valence-corrected chi connectivity index (χ0v) is 12.2. The molecule has 2 nitrogen and oxygen atoms in total. The molecule has 0 radical (unpaired) electrons. The molecule has 0 heterocycles. The van der Waals surface area contributed by atoms with Crippen LogP contribution in [-0.4, -0.2) is 0 Å². The monoisotopic (exact) mass is 254 g/mol. The summed E-state index contributed by atoms with van der Waals surface area (Å²) in [6, 6.07) is 8.72. The van der Waals surface area contributed by atoms with Gasteiger partial charge in [-0.05, 0) is 61.9 Å². The fourth-order valence-corrected chi connectivity index (χ4v) is 2.41. The SMILES string of the molecule is Cc1ccc(C)c(Cc2cc(C)c(N)c(N)c2C)c1. The third-order valence-corrected chi connectivity index (χ3v) is 3.88. The lowest BCUT2D eigenvalue weighted by molar-refractivity contribution is 1.12. The Balaban J connectivity index is 2.47. The zero-order valence-electron chi connectivity index (χ0n) is 12.2. The average molecular weight is 254 g/mol. The predicted octanol–water partition coefficient (Wildman–Crippen LogP) is 3.68. The second-order valence-corrected chi connectivity index (χ2v) is 5.41. The van der Waals surface area contributed by atoms with Crippen LogP contribution in [0.5, 0.6) is 0 Å². The Morgan fingerprint density at radius 3 is 2.16 bits per heavy atom. The van der Waals surface area contributed by atoms with Crippen LogP contribution in [0.4, 0.5) is 11.4 Å². The summed E-state index contributed by atoms with van der Waals surface area (Å²) in [6.45, 7) is 8.33.